The van der Waals surface area contributed by atoms with Crippen LogP contribution in [0.4, 0.5) is 11.4 Å². The van der Waals surface area contributed by atoms with Gasteiger partial charge in [0.2, 0.25) is 0 Å². The predicted molar refractivity (Wildman–Crippen MR) is 209 cm³/mol. The van der Waals surface area contributed by atoms with Crippen molar-refractivity contribution in [3.05, 3.63) is 57.6 Å². The molecule has 2 heterocycles. The smallest absolute Gasteiger partial charge is 0.285 e. The minimum Gasteiger partial charge on any atom is -0.320 e. The lowest BCUT2D eigenvalue weighted by molar-refractivity contribution is -1.12. The summed E-state index contributed by atoms with van der Waals surface area (Å²) in [7, 11) is 0. The van der Waals surface area contributed by atoms with Gasteiger partial charge in [-0.25, -0.2) is 10.4 Å². The molecule has 51 heavy (non-hydrogen) atoms. The van der Waals surface area contributed by atoms with Crippen LogP contribution in [0.3, 0.4) is 0 Å². The Morgan fingerprint density at radius 1 is 0.569 bits per heavy atom. The molecular formula is C43H70N4O4+2. The number of rotatable bonds is 14. The molecule has 2 aromatic carbocycles. The number of nitrogens with one attached hydrogen (secondary N) is 2. The molecule has 0 aliphatic carbocycles. The first-order valence-corrected chi connectivity index (χ1v) is 20.0. The van der Waals surface area contributed by atoms with Crippen LogP contribution < -0.4 is 10.6 Å². The summed E-state index contributed by atoms with van der Waals surface area (Å²) >= 11 is 0. The van der Waals surface area contributed by atoms with Crippen molar-refractivity contribution < 1.29 is 29.3 Å². The number of nitrogens with zero attached hydrogens (tertiary/aromatic N) is 2. The Morgan fingerprint density at radius 3 is 1.12 bits per heavy atom. The molecule has 4 rings (SSSR count). The molecule has 0 aromatic heterocycles. The van der Waals surface area contributed by atoms with Crippen molar-refractivity contribution in [3.63, 3.8) is 0 Å². The number of anilines is 2. The first-order chi connectivity index (χ1) is 23.8. The van der Waals surface area contributed by atoms with Crippen LogP contribution >= 0.6 is 0 Å². The molecular weight excluding hydrogens is 636 g/mol. The molecule has 2 aliphatic rings. The van der Waals surface area contributed by atoms with Crippen molar-refractivity contribution in [3.8, 4) is 0 Å². The number of benzene rings is 2. The van der Waals surface area contributed by atoms with Crippen molar-refractivity contribution in [1.29, 1.82) is 0 Å². The molecule has 2 unspecified atom stereocenters. The number of hydrogen-bond acceptors (Lipinski definition) is 4. The van der Waals surface area contributed by atoms with Gasteiger partial charge in [-0.3, -0.25) is 9.59 Å². The first-order valence-electron chi connectivity index (χ1n) is 20.0. The molecule has 0 radical (unpaired) electrons. The van der Waals surface area contributed by atoms with E-state index in [1.807, 2.05) is 0 Å². The van der Waals surface area contributed by atoms with Crippen molar-refractivity contribution in [1.82, 2.24) is 0 Å². The zero-order valence-electron chi connectivity index (χ0n) is 33.9. The third-order valence-corrected chi connectivity index (χ3v) is 11.7. The summed E-state index contributed by atoms with van der Waals surface area (Å²) < 4.78 is -0.670. The second-order valence-electron chi connectivity index (χ2n) is 17.6. The summed E-state index contributed by atoms with van der Waals surface area (Å²) in [6, 6.07) is 7.75. The van der Waals surface area contributed by atoms with Gasteiger partial charge in [-0.2, -0.15) is 9.29 Å². The predicted octanol–water partition coefficient (Wildman–Crippen LogP) is 10.1. The summed E-state index contributed by atoms with van der Waals surface area (Å²) in [4.78, 5) is 28.0. The van der Waals surface area contributed by atoms with E-state index in [4.69, 9.17) is 0 Å². The Hall–Kier alpha value is -2.78. The molecule has 0 bridgehead atoms. The molecule has 0 spiro atoms. The van der Waals surface area contributed by atoms with E-state index in [-0.39, 0.29) is 44.8 Å². The van der Waals surface area contributed by atoms with E-state index in [0.29, 0.717) is 57.3 Å². The molecule has 8 heteroatoms. The second-order valence-corrected chi connectivity index (χ2v) is 17.6. The fourth-order valence-corrected chi connectivity index (χ4v) is 8.37. The molecule has 2 saturated heterocycles. The number of carbonyl (C=O) groups excluding carboxylic acids is 2. The lowest BCUT2D eigenvalue weighted by Crippen LogP contribution is -2.57. The third kappa shape index (κ3) is 9.06. The van der Waals surface area contributed by atoms with E-state index in [2.05, 4.69) is 118 Å². The summed E-state index contributed by atoms with van der Waals surface area (Å²) in [5.74, 6) is 1.40. The molecule has 2 amide bonds. The Labute approximate surface area is 309 Å². The van der Waals surface area contributed by atoms with Crippen molar-refractivity contribution >= 4 is 23.2 Å². The summed E-state index contributed by atoms with van der Waals surface area (Å²) in [6.07, 6.45) is 3.22. The third-order valence-electron chi connectivity index (χ3n) is 11.7. The highest BCUT2D eigenvalue weighted by Gasteiger charge is 2.49. The van der Waals surface area contributed by atoms with E-state index in [1.165, 1.54) is 11.1 Å². The van der Waals surface area contributed by atoms with Crippen LogP contribution in [-0.4, -0.2) is 69.8 Å². The number of carbonyl (C=O) groups is 2. The Balaban J connectivity index is 1.49. The maximum atomic E-state index is 14.0. The number of hydroxylamine groups is 6. The van der Waals surface area contributed by atoms with Gasteiger partial charge in [0.05, 0.1) is 6.42 Å². The second kappa shape index (κ2) is 16.5. The van der Waals surface area contributed by atoms with E-state index in [9.17, 15) is 20.0 Å². The highest BCUT2D eigenvalue weighted by atomic mass is 16.6. The highest BCUT2D eigenvalue weighted by molar-refractivity contribution is 5.96. The molecule has 0 saturated carbocycles. The fourth-order valence-electron chi connectivity index (χ4n) is 8.37. The number of likely N-dealkylation sites (tertiary alicyclic amines) is 2. The molecule has 4 atom stereocenters. The molecule has 2 aliphatic heterocycles. The van der Waals surface area contributed by atoms with Gasteiger partial charge in [0.15, 0.2) is 12.1 Å². The SMILES string of the molecule is CC(C)c1cc(C(C)C)c(NC(=O)[C@@H]2CCC[N+]2(O)CCC[N+]2(O)CCC[C@H]2C(=O)Nc2c(C(C)C)cc(C(C)C)cc2C(C)C)c(C(C)C)c1. The van der Waals surface area contributed by atoms with Crippen molar-refractivity contribution in [2.24, 2.45) is 0 Å². The van der Waals surface area contributed by atoms with Gasteiger partial charge in [0.25, 0.3) is 11.8 Å². The lowest BCUT2D eigenvalue weighted by Gasteiger charge is -2.34. The average Bonchev–Trinajstić information content (AvgIpc) is 3.62. The monoisotopic (exact) mass is 707 g/mol. The largest absolute Gasteiger partial charge is 0.320 e. The first kappa shape index (κ1) is 41.0. The van der Waals surface area contributed by atoms with Gasteiger partial charge in [-0.1, -0.05) is 107 Å². The van der Waals surface area contributed by atoms with E-state index in [0.717, 1.165) is 46.5 Å². The molecule has 2 fully saturated rings. The van der Waals surface area contributed by atoms with E-state index < -0.39 is 12.1 Å². The minimum absolute atomic E-state index is 0.146. The standard InChI is InChI=1S/C43H68N4O4/c1-26(2)32-22-34(28(5)6)40(35(23-32)29(7)8)44-42(48)38-16-13-18-46(38,50)20-15-21-47(51)19-14-17-39(47)43(49)45-41-36(30(9)10)24-33(27(3)4)25-37(41)31(11)12/h22-31,38-39,50-51H,13-21H2,1-12H3/p+2/t38-,39-,46?,47?/m0/s1. The van der Waals surface area contributed by atoms with Gasteiger partial charge in [0, 0.05) is 37.1 Å². The summed E-state index contributed by atoms with van der Waals surface area (Å²) in [5, 5.41) is 30.5. The van der Waals surface area contributed by atoms with Crippen LogP contribution in [0.25, 0.3) is 0 Å². The fraction of sp³-hybridized carbons (Fsp3) is 0.674. The normalized spacial score (nSPS) is 23.8. The number of amides is 2. The number of quaternary nitrogens is 2. The topological polar surface area (TPSA) is 98.7 Å². The van der Waals surface area contributed by atoms with Gasteiger partial charge in [0.1, 0.15) is 26.2 Å². The van der Waals surface area contributed by atoms with Gasteiger partial charge in [-0.05, 0) is 68.9 Å². The highest BCUT2D eigenvalue weighted by Crippen LogP contribution is 2.39. The molecule has 2 aromatic rings. The van der Waals surface area contributed by atoms with Crippen LogP contribution in [-0.2, 0) is 9.59 Å². The summed E-state index contributed by atoms with van der Waals surface area (Å²) in [5.41, 5.74) is 8.85. The Kier molecular flexibility index (Phi) is 13.2. The van der Waals surface area contributed by atoms with Crippen LogP contribution in [0.5, 0.6) is 0 Å². The van der Waals surface area contributed by atoms with Crippen LogP contribution in [0.2, 0.25) is 0 Å². The van der Waals surface area contributed by atoms with Gasteiger partial charge < -0.3 is 10.6 Å². The van der Waals surface area contributed by atoms with Crippen LogP contribution in [0.1, 0.15) is 184 Å². The number of hydrogen-bond donors (Lipinski definition) is 4. The zero-order chi connectivity index (χ0) is 38.0. The lowest BCUT2D eigenvalue weighted by atomic mass is 9.87. The van der Waals surface area contributed by atoms with Crippen molar-refractivity contribution in [2.45, 2.75) is 163 Å². The van der Waals surface area contributed by atoms with E-state index in [1.54, 1.807) is 0 Å². The van der Waals surface area contributed by atoms with Gasteiger partial charge >= 0.3 is 0 Å². The molecule has 8 nitrogen and oxygen atoms in total. The maximum absolute atomic E-state index is 14.0. The van der Waals surface area contributed by atoms with Crippen molar-refractivity contribution in [2.75, 3.05) is 36.8 Å². The van der Waals surface area contributed by atoms with E-state index >= 15 is 0 Å². The van der Waals surface area contributed by atoms with Crippen LogP contribution in [0.15, 0.2) is 24.3 Å². The quantitative estimate of drug-likeness (QED) is 0.147. The average molecular weight is 707 g/mol. The maximum Gasteiger partial charge on any atom is 0.285 e. The van der Waals surface area contributed by atoms with Gasteiger partial charge in [-0.15, -0.1) is 0 Å². The molecule has 4 N–H and O–H groups in total. The van der Waals surface area contributed by atoms with Crippen LogP contribution in [0, 0.1) is 0 Å². The zero-order valence-corrected chi connectivity index (χ0v) is 33.9. The minimum atomic E-state index is -0.586. The Morgan fingerprint density at radius 2 is 0.863 bits per heavy atom. The molecule has 284 valence electrons. The Bertz CT molecular complexity index is 1370. The summed E-state index contributed by atoms with van der Waals surface area (Å²) in [6.45, 7) is 27.8.